The van der Waals surface area contributed by atoms with E-state index in [2.05, 4.69) is 24.0 Å². The van der Waals surface area contributed by atoms with E-state index in [0.717, 1.165) is 31.3 Å². The molecule has 13 nitrogen and oxygen atoms in total. The van der Waals surface area contributed by atoms with Crippen molar-refractivity contribution in [1.82, 2.24) is 5.32 Å². The van der Waals surface area contributed by atoms with Crippen LogP contribution in [0, 0.1) is 44.6 Å². The lowest BCUT2D eigenvalue weighted by Crippen LogP contribution is -2.57. The summed E-state index contributed by atoms with van der Waals surface area (Å²) in [5.74, 6) is -2.20. The summed E-state index contributed by atoms with van der Waals surface area (Å²) in [4.78, 5) is 76.7. The Morgan fingerprint density at radius 1 is 1.11 bits per heavy atom. The monoisotopic (exact) mass is 620 g/mol. The highest BCUT2D eigenvalue weighted by molar-refractivity contribution is 5.92. The zero-order valence-corrected chi connectivity index (χ0v) is 25.7. The number of fused-ring (bicyclic) bond motifs is 5. The van der Waals surface area contributed by atoms with Crippen LogP contribution in [-0.2, 0) is 38.3 Å². The van der Waals surface area contributed by atoms with Gasteiger partial charge in [0.25, 0.3) is 5.09 Å². The molecule has 0 spiro atoms. The first-order valence-corrected chi connectivity index (χ1v) is 15.6. The number of amides is 1. The number of carbonyl (C=O) groups is 5. The number of aliphatic hydroxyl groups excluding tert-OH is 1. The molecule has 4 unspecified atom stereocenters. The summed E-state index contributed by atoms with van der Waals surface area (Å²) in [7, 11) is 0. The first kappa shape index (κ1) is 33.5. The Balaban J connectivity index is 1.31. The van der Waals surface area contributed by atoms with Gasteiger partial charge in [-0.25, -0.2) is 4.79 Å². The van der Waals surface area contributed by atoms with Crippen LogP contribution in [-0.4, -0.2) is 71.6 Å². The van der Waals surface area contributed by atoms with Gasteiger partial charge in [-0.1, -0.05) is 19.4 Å². The Hall–Kier alpha value is -3.35. The van der Waals surface area contributed by atoms with E-state index in [-0.39, 0.29) is 66.7 Å². The lowest BCUT2D eigenvalue weighted by molar-refractivity contribution is -0.757. The van der Waals surface area contributed by atoms with E-state index < -0.39 is 53.5 Å². The first-order chi connectivity index (χ1) is 20.8. The van der Waals surface area contributed by atoms with Crippen LogP contribution in [0.2, 0.25) is 0 Å². The van der Waals surface area contributed by atoms with Gasteiger partial charge in [0, 0.05) is 19.3 Å². The number of hydrogen-bond acceptors (Lipinski definition) is 11. The molecule has 0 radical (unpaired) electrons. The van der Waals surface area contributed by atoms with Crippen LogP contribution >= 0.6 is 0 Å². The number of ether oxygens (including phenoxy) is 2. The van der Waals surface area contributed by atoms with Crippen molar-refractivity contribution in [1.29, 1.82) is 0 Å². The van der Waals surface area contributed by atoms with Gasteiger partial charge in [0.05, 0.1) is 25.7 Å². The number of unbranched alkanes of at least 4 members (excludes halogenated alkanes) is 1. The Morgan fingerprint density at radius 3 is 2.55 bits per heavy atom. The summed E-state index contributed by atoms with van der Waals surface area (Å²) < 4.78 is 10.4. The number of rotatable bonds is 13. The molecule has 2 N–H and O–H groups in total. The summed E-state index contributed by atoms with van der Waals surface area (Å²) in [6.07, 6.45) is 6.09. The smallest absolute Gasteiger partial charge is 0.329 e. The second-order valence-electron chi connectivity index (χ2n) is 13.3. The molecule has 44 heavy (non-hydrogen) atoms. The second kappa shape index (κ2) is 13.7. The Morgan fingerprint density at radius 2 is 1.84 bits per heavy atom. The van der Waals surface area contributed by atoms with Crippen LogP contribution < -0.4 is 5.32 Å². The number of carbonyl (C=O) groups excluding carboxylic acids is 5. The molecule has 0 bridgehead atoms. The quantitative estimate of drug-likeness (QED) is 0.133. The van der Waals surface area contributed by atoms with Crippen LogP contribution in [0.25, 0.3) is 0 Å². The van der Waals surface area contributed by atoms with Gasteiger partial charge in [0.2, 0.25) is 5.91 Å². The molecular weight excluding hydrogens is 576 g/mol. The summed E-state index contributed by atoms with van der Waals surface area (Å²) >= 11 is 0. The van der Waals surface area contributed by atoms with Gasteiger partial charge < -0.3 is 24.7 Å². The van der Waals surface area contributed by atoms with E-state index in [0.29, 0.717) is 19.3 Å². The van der Waals surface area contributed by atoms with Crippen molar-refractivity contribution in [3.8, 4) is 0 Å². The Labute approximate surface area is 256 Å². The molecule has 4 aliphatic carbocycles. The molecule has 8 atom stereocenters. The Kier molecular flexibility index (Phi) is 10.5. The number of ketones is 2. The van der Waals surface area contributed by atoms with Gasteiger partial charge in [-0.05, 0) is 86.0 Å². The predicted molar refractivity (Wildman–Crippen MR) is 153 cm³/mol. The highest BCUT2D eigenvalue weighted by Gasteiger charge is 2.63. The highest BCUT2D eigenvalue weighted by Crippen LogP contribution is 2.66. The fourth-order valence-electron chi connectivity index (χ4n) is 8.75. The van der Waals surface area contributed by atoms with Gasteiger partial charge in [0.1, 0.15) is 12.6 Å². The zero-order valence-electron chi connectivity index (χ0n) is 25.7. The molecule has 0 aromatic heterocycles. The topological polar surface area (TPSA) is 188 Å². The average molecular weight is 621 g/mol. The van der Waals surface area contributed by atoms with E-state index in [1.807, 2.05) is 0 Å². The van der Waals surface area contributed by atoms with Crippen molar-refractivity contribution in [3.05, 3.63) is 21.8 Å². The number of aliphatic hydroxyl groups is 1. The lowest BCUT2D eigenvalue weighted by atomic mass is 9.46. The maximum absolute atomic E-state index is 13.5. The van der Waals surface area contributed by atoms with E-state index in [1.165, 1.54) is 6.92 Å². The normalized spacial score (nSPS) is 33.0. The number of Topliss-reactive ketones (excluding diaryl/α,β-unsaturated/α-hetero) is 1. The molecular formula is C31H44N2O11. The molecule has 0 heterocycles. The van der Waals surface area contributed by atoms with Gasteiger partial charge in [-0.2, -0.15) is 0 Å². The first-order valence-electron chi connectivity index (χ1n) is 15.6. The van der Waals surface area contributed by atoms with E-state index >= 15 is 0 Å². The zero-order chi connectivity index (χ0) is 32.2. The fourth-order valence-corrected chi connectivity index (χ4v) is 8.75. The number of hydrogen-bond donors (Lipinski definition) is 2. The average Bonchev–Trinajstić information content (AvgIpc) is 3.29. The molecule has 3 saturated carbocycles. The minimum absolute atomic E-state index is 0.0419. The number of allylic oxidation sites excluding steroid dienone is 1. The van der Waals surface area contributed by atoms with Crippen LogP contribution in [0.4, 0.5) is 0 Å². The van der Waals surface area contributed by atoms with Crippen molar-refractivity contribution in [3.63, 3.8) is 0 Å². The molecule has 13 heteroatoms. The number of nitrogens with zero attached hydrogens (tertiary/aromatic N) is 1. The van der Waals surface area contributed by atoms with E-state index in [1.54, 1.807) is 6.08 Å². The van der Waals surface area contributed by atoms with Crippen molar-refractivity contribution in [2.24, 2.45) is 34.5 Å². The second-order valence-corrected chi connectivity index (χ2v) is 13.3. The van der Waals surface area contributed by atoms with Crippen LogP contribution in [0.5, 0.6) is 0 Å². The predicted octanol–water partition coefficient (Wildman–Crippen LogP) is 2.64. The fraction of sp³-hybridized carbons (Fsp3) is 0.774. The third-order valence-electron chi connectivity index (χ3n) is 10.7. The van der Waals surface area contributed by atoms with Crippen LogP contribution in [0.1, 0.15) is 85.0 Å². The third-order valence-corrected chi connectivity index (χ3v) is 10.7. The standard InChI is InChI=1S/C31H44N2O11/c1-18(34)32-24(29(39)42-12-4-5-13-44-33(40)41)15-27(38)43-17-26(37)23-9-8-22-21-7-6-19-14-20(35)10-11-30(19,2)28(21)25(36)16-31(22,23)3/h14,21-25,28,36H,4-13,15-17H2,1-3H3,(H,32,34)/t21-,22?,23?,24?,25-,28?,30-,31-/m0/s1. The van der Waals surface area contributed by atoms with Crippen molar-refractivity contribution in [2.45, 2.75) is 97.1 Å². The molecule has 4 aliphatic rings. The maximum atomic E-state index is 13.5. The van der Waals surface area contributed by atoms with Gasteiger partial charge in [-0.3, -0.25) is 19.2 Å². The summed E-state index contributed by atoms with van der Waals surface area (Å²) in [6.45, 7) is 4.72. The molecule has 0 saturated heterocycles. The van der Waals surface area contributed by atoms with Gasteiger partial charge in [0.15, 0.2) is 11.6 Å². The Bertz CT molecular complexity index is 1200. The van der Waals surface area contributed by atoms with Crippen molar-refractivity contribution >= 4 is 29.4 Å². The third kappa shape index (κ3) is 7.13. The minimum atomic E-state index is -1.31. The number of esters is 2. The van der Waals surface area contributed by atoms with Crippen molar-refractivity contribution < 1.29 is 48.5 Å². The molecule has 244 valence electrons. The van der Waals surface area contributed by atoms with Crippen molar-refractivity contribution in [2.75, 3.05) is 19.8 Å². The molecule has 4 rings (SSSR count). The van der Waals surface area contributed by atoms with Crippen LogP contribution in [0.3, 0.4) is 0 Å². The largest absolute Gasteiger partial charge is 0.464 e. The van der Waals surface area contributed by atoms with E-state index in [9.17, 15) is 39.2 Å². The molecule has 3 fully saturated rings. The highest BCUT2D eigenvalue weighted by atomic mass is 16.9. The number of nitrogens with one attached hydrogen (secondary N) is 1. The molecule has 0 aromatic carbocycles. The summed E-state index contributed by atoms with van der Waals surface area (Å²) in [6, 6.07) is -1.31. The minimum Gasteiger partial charge on any atom is -0.464 e. The molecule has 1 amide bonds. The maximum Gasteiger partial charge on any atom is 0.329 e. The SMILES string of the molecule is CC(=O)NC(CC(=O)OCC(=O)C1CCC2[C@@H]3CCC4=CC(=O)CC[C@]4(C)C3[C@@H](O)C[C@]12C)C(=O)OCCCCO[N+](=O)[O-]. The summed E-state index contributed by atoms with van der Waals surface area (Å²) in [5, 5.41) is 23.2. The van der Waals surface area contributed by atoms with Crippen LogP contribution in [0.15, 0.2) is 11.6 Å². The lowest BCUT2D eigenvalue weighted by Gasteiger charge is -2.59. The van der Waals surface area contributed by atoms with Gasteiger partial charge >= 0.3 is 11.9 Å². The van der Waals surface area contributed by atoms with Gasteiger partial charge in [-0.15, -0.1) is 10.1 Å². The summed E-state index contributed by atoms with van der Waals surface area (Å²) in [5.41, 5.74) is 0.491. The molecule has 0 aliphatic heterocycles. The van der Waals surface area contributed by atoms with E-state index in [4.69, 9.17) is 9.47 Å². The molecule has 0 aromatic rings.